The lowest BCUT2D eigenvalue weighted by atomic mass is 10.0. The highest BCUT2D eigenvalue weighted by Gasteiger charge is 2.30. The number of anilines is 1. The Kier molecular flexibility index (Phi) is 10.3. The third-order valence-corrected chi connectivity index (χ3v) is 8.83. The number of benzene rings is 2. The van der Waals surface area contributed by atoms with Gasteiger partial charge in [0.05, 0.1) is 36.1 Å². The molecule has 0 radical (unpaired) electrons. The first-order chi connectivity index (χ1) is 20.5. The summed E-state index contributed by atoms with van der Waals surface area (Å²) < 4.78 is 45.9. The molecule has 1 aromatic heterocycles. The molecule has 11 nitrogen and oxygen atoms in total. The van der Waals surface area contributed by atoms with Gasteiger partial charge < -0.3 is 24.0 Å². The van der Waals surface area contributed by atoms with Crippen LogP contribution in [0.25, 0.3) is 0 Å². The molecule has 2 aromatic carbocycles. The van der Waals surface area contributed by atoms with Crippen molar-refractivity contribution in [2.45, 2.75) is 37.3 Å². The SMILES string of the molecule is COc1cccc(S(=O)(=O)Nc2ccc3c(c2)C(=O)N(C)C[C@@H](OC)[C@H](C)CN(C(=O)Cc2cccnc2)[C@H](C)CO3)c1. The largest absolute Gasteiger partial charge is 0.497 e. The van der Waals surface area contributed by atoms with Crippen LogP contribution in [0.3, 0.4) is 0 Å². The van der Waals surface area contributed by atoms with Crippen molar-refractivity contribution in [1.82, 2.24) is 14.8 Å². The van der Waals surface area contributed by atoms with E-state index in [4.69, 9.17) is 14.2 Å². The van der Waals surface area contributed by atoms with Gasteiger partial charge in [0, 0.05) is 57.3 Å². The molecule has 3 atom stereocenters. The third kappa shape index (κ3) is 7.82. The number of fused-ring (bicyclic) bond motifs is 1. The molecular formula is C31H38N4O7S. The van der Waals surface area contributed by atoms with Crippen LogP contribution < -0.4 is 14.2 Å². The number of likely N-dealkylation sites (N-methyl/N-ethyl adjacent to an activating group) is 1. The molecule has 2 heterocycles. The molecule has 0 saturated carbocycles. The molecule has 1 aliphatic heterocycles. The molecule has 4 rings (SSSR count). The predicted octanol–water partition coefficient (Wildman–Crippen LogP) is 3.47. The van der Waals surface area contributed by atoms with Crippen LogP contribution in [0.15, 0.2) is 71.9 Å². The third-order valence-electron chi connectivity index (χ3n) is 7.45. The number of rotatable bonds is 7. The van der Waals surface area contributed by atoms with E-state index < -0.39 is 10.0 Å². The number of carbonyl (C=O) groups is 2. The molecule has 230 valence electrons. The highest BCUT2D eigenvalue weighted by molar-refractivity contribution is 7.92. The minimum absolute atomic E-state index is 0.0149. The first-order valence-corrected chi connectivity index (χ1v) is 15.4. The van der Waals surface area contributed by atoms with E-state index in [1.165, 1.54) is 36.3 Å². The van der Waals surface area contributed by atoms with Gasteiger partial charge in [0.25, 0.3) is 15.9 Å². The van der Waals surface area contributed by atoms with E-state index in [-0.39, 0.29) is 71.3 Å². The van der Waals surface area contributed by atoms with Gasteiger partial charge in [-0.1, -0.05) is 19.1 Å². The Hall–Kier alpha value is -4.16. The summed E-state index contributed by atoms with van der Waals surface area (Å²) in [7, 11) is 0.709. The van der Waals surface area contributed by atoms with Crippen molar-refractivity contribution in [3.8, 4) is 11.5 Å². The van der Waals surface area contributed by atoms with E-state index in [0.29, 0.717) is 12.3 Å². The first-order valence-electron chi connectivity index (χ1n) is 13.9. The van der Waals surface area contributed by atoms with Gasteiger partial charge in [0.2, 0.25) is 5.91 Å². The number of carbonyl (C=O) groups excluding carboxylic acids is 2. The molecule has 2 amide bonds. The Morgan fingerprint density at radius 1 is 1.09 bits per heavy atom. The van der Waals surface area contributed by atoms with Crippen LogP contribution in [-0.2, 0) is 26.0 Å². The number of ether oxygens (including phenoxy) is 3. The van der Waals surface area contributed by atoms with Crippen molar-refractivity contribution in [2.24, 2.45) is 5.92 Å². The van der Waals surface area contributed by atoms with Crippen LogP contribution in [-0.4, -0.2) is 88.1 Å². The summed E-state index contributed by atoms with van der Waals surface area (Å²) in [6, 6.07) is 14.0. The van der Waals surface area contributed by atoms with Gasteiger partial charge in [-0.2, -0.15) is 0 Å². The lowest BCUT2D eigenvalue weighted by Gasteiger charge is -2.36. The molecular weight excluding hydrogens is 572 g/mol. The van der Waals surface area contributed by atoms with Crippen molar-refractivity contribution >= 4 is 27.5 Å². The molecule has 12 heteroatoms. The second-order valence-electron chi connectivity index (χ2n) is 10.7. The van der Waals surface area contributed by atoms with E-state index in [1.807, 2.05) is 19.9 Å². The van der Waals surface area contributed by atoms with Crippen LogP contribution in [0, 0.1) is 5.92 Å². The lowest BCUT2D eigenvalue weighted by Crippen LogP contribution is -2.49. The first kappa shape index (κ1) is 31.8. The van der Waals surface area contributed by atoms with Gasteiger partial charge >= 0.3 is 0 Å². The fourth-order valence-corrected chi connectivity index (χ4v) is 6.03. The van der Waals surface area contributed by atoms with Gasteiger partial charge in [-0.15, -0.1) is 0 Å². The molecule has 0 fully saturated rings. The zero-order chi connectivity index (χ0) is 31.1. The fourth-order valence-electron chi connectivity index (χ4n) is 4.95. The maximum absolute atomic E-state index is 13.7. The highest BCUT2D eigenvalue weighted by Crippen LogP contribution is 2.28. The number of methoxy groups -OCH3 is 2. The van der Waals surface area contributed by atoms with Gasteiger partial charge in [0.15, 0.2) is 0 Å². The smallest absolute Gasteiger partial charge is 0.262 e. The number of amides is 2. The van der Waals surface area contributed by atoms with E-state index in [9.17, 15) is 18.0 Å². The predicted molar refractivity (Wildman–Crippen MR) is 162 cm³/mol. The van der Waals surface area contributed by atoms with Crippen LogP contribution in [0.5, 0.6) is 11.5 Å². The second kappa shape index (κ2) is 13.9. The average molecular weight is 611 g/mol. The molecule has 43 heavy (non-hydrogen) atoms. The van der Waals surface area contributed by atoms with E-state index in [2.05, 4.69) is 9.71 Å². The number of pyridine rings is 1. The molecule has 0 unspecified atom stereocenters. The van der Waals surface area contributed by atoms with Gasteiger partial charge in [-0.05, 0) is 48.9 Å². The summed E-state index contributed by atoms with van der Waals surface area (Å²) >= 11 is 0. The minimum Gasteiger partial charge on any atom is -0.497 e. The summed E-state index contributed by atoms with van der Waals surface area (Å²) in [5.41, 5.74) is 1.18. The molecule has 1 N–H and O–H groups in total. The lowest BCUT2D eigenvalue weighted by molar-refractivity contribution is -0.134. The van der Waals surface area contributed by atoms with E-state index >= 15 is 0 Å². The van der Waals surface area contributed by atoms with Crippen molar-refractivity contribution < 1.29 is 32.2 Å². The maximum Gasteiger partial charge on any atom is 0.262 e. The van der Waals surface area contributed by atoms with Crippen molar-refractivity contribution in [3.63, 3.8) is 0 Å². The number of sulfonamides is 1. The quantitative estimate of drug-likeness (QED) is 0.431. The van der Waals surface area contributed by atoms with Crippen LogP contribution in [0.1, 0.15) is 29.8 Å². The molecule has 0 spiro atoms. The van der Waals surface area contributed by atoms with Gasteiger partial charge in [-0.3, -0.25) is 19.3 Å². The monoisotopic (exact) mass is 610 g/mol. The summed E-state index contributed by atoms with van der Waals surface area (Å²) in [4.78, 5) is 34.6. The van der Waals surface area contributed by atoms with Crippen molar-refractivity contribution in [3.05, 3.63) is 78.1 Å². The summed E-state index contributed by atoms with van der Waals surface area (Å²) in [6.45, 7) is 4.64. The average Bonchev–Trinajstić information content (AvgIpc) is 3.00. The zero-order valence-corrected chi connectivity index (χ0v) is 25.8. The topological polar surface area (TPSA) is 127 Å². The number of nitrogens with one attached hydrogen (secondary N) is 1. The van der Waals surface area contributed by atoms with Crippen LogP contribution in [0.4, 0.5) is 5.69 Å². The van der Waals surface area contributed by atoms with Crippen LogP contribution >= 0.6 is 0 Å². The standard InChI is InChI=1S/C31H38N4O7S/c1-21-18-35(30(36)14-23-8-7-13-32-17-23)22(2)20-42-28-12-11-24(15-27(28)31(37)34(3)19-29(21)41-5)33-43(38,39)26-10-6-9-25(16-26)40-4/h6-13,15-17,21-22,29,33H,14,18-20H2,1-5H3/t21-,22-,29-/m1/s1. The summed E-state index contributed by atoms with van der Waals surface area (Å²) in [6.07, 6.45) is 3.16. The number of hydrogen-bond donors (Lipinski definition) is 1. The molecule has 0 aliphatic carbocycles. The Morgan fingerprint density at radius 2 is 1.88 bits per heavy atom. The number of nitrogens with zero attached hydrogens (tertiary/aromatic N) is 3. The second-order valence-corrected chi connectivity index (χ2v) is 12.4. The summed E-state index contributed by atoms with van der Waals surface area (Å²) in [5, 5.41) is 0. The molecule has 0 saturated heterocycles. The number of aromatic nitrogens is 1. The molecule has 1 aliphatic rings. The zero-order valence-electron chi connectivity index (χ0n) is 25.0. The Morgan fingerprint density at radius 3 is 2.58 bits per heavy atom. The number of hydrogen-bond acceptors (Lipinski definition) is 8. The highest BCUT2D eigenvalue weighted by atomic mass is 32.2. The maximum atomic E-state index is 13.7. The van der Waals surface area contributed by atoms with E-state index in [1.54, 1.807) is 55.7 Å². The van der Waals surface area contributed by atoms with E-state index in [0.717, 1.165) is 5.56 Å². The van der Waals surface area contributed by atoms with Crippen molar-refractivity contribution in [2.75, 3.05) is 45.7 Å². The Balaban J connectivity index is 1.65. The Labute approximate surface area is 252 Å². The summed E-state index contributed by atoms with van der Waals surface area (Å²) in [5.74, 6) is 0.129. The van der Waals surface area contributed by atoms with Crippen LogP contribution in [0.2, 0.25) is 0 Å². The van der Waals surface area contributed by atoms with Crippen molar-refractivity contribution in [1.29, 1.82) is 0 Å². The molecule has 3 aromatic rings. The Bertz CT molecular complexity index is 1530. The van der Waals surface area contributed by atoms with Gasteiger partial charge in [0.1, 0.15) is 18.1 Å². The molecule has 0 bridgehead atoms. The fraction of sp³-hybridized carbons (Fsp3) is 0.387. The normalized spacial score (nSPS) is 19.8. The minimum atomic E-state index is -3.98. The van der Waals surface area contributed by atoms with Gasteiger partial charge in [-0.25, -0.2) is 8.42 Å².